The third kappa shape index (κ3) is 4.42. The molecule has 0 spiro atoms. The minimum atomic E-state index is 0.115. The van der Waals surface area contributed by atoms with E-state index in [0.717, 1.165) is 56.2 Å². The van der Waals surface area contributed by atoms with Crippen molar-refractivity contribution in [2.45, 2.75) is 51.6 Å². The molecular weight excluding hydrogens is 362 g/mol. The maximum Gasteiger partial charge on any atom is 0.219 e. The van der Waals surface area contributed by atoms with Crippen LogP contribution in [0.1, 0.15) is 54.9 Å². The molecule has 0 radical (unpaired) electrons. The smallest absolute Gasteiger partial charge is 0.219 e. The Hall–Kier alpha value is -2.47. The van der Waals surface area contributed by atoms with Crippen molar-refractivity contribution >= 4 is 11.7 Å². The molecule has 1 amide bonds. The van der Waals surface area contributed by atoms with Crippen LogP contribution in [-0.4, -0.2) is 52.4 Å². The van der Waals surface area contributed by atoms with Gasteiger partial charge in [0.15, 0.2) is 0 Å². The van der Waals surface area contributed by atoms with Gasteiger partial charge in [-0.2, -0.15) is 0 Å². The van der Waals surface area contributed by atoms with E-state index in [1.54, 1.807) is 6.92 Å². The van der Waals surface area contributed by atoms with Crippen LogP contribution in [0.5, 0.6) is 0 Å². The molecule has 1 aromatic carbocycles. The summed E-state index contributed by atoms with van der Waals surface area (Å²) >= 11 is 0. The van der Waals surface area contributed by atoms with Crippen LogP contribution < -0.4 is 5.32 Å². The number of aromatic nitrogens is 2. The summed E-state index contributed by atoms with van der Waals surface area (Å²) in [7, 11) is 1.93. The molecule has 2 aliphatic heterocycles. The summed E-state index contributed by atoms with van der Waals surface area (Å²) in [4.78, 5) is 26.2. The van der Waals surface area contributed by atoms with Crippen LogP contribution in [0.3, 0.4) is 0 Å². The van der Waals surface area contributed by atoms with Gasteiger partial charge >= 0.3 is 0 Å². The maximum atomic E-state index is 11.9. The van der Waals surface area contributed by atoms with E-state index in [1.165, 1.54) is 24.0 Å². The zero-order valence-corrected chi connectivity index (χ0v) is 17.5. The zero-order chi connectivity index (χ0) is 20.2. The van der Waals surface area contributed by atoms with E-state index in [4.69, 9.17) is 9.97 Å². The fourth-order valence-electron chi connectivity index (χ4n) is 4.54. The minimum Gasteiger partial charge on any atom is -0.373 e. The van der Waals surface area contributed by atoms with Gasteiger partial charge < -0.3 is 10.2 Å². The first-order chi connectivity index (χ1) is 14.2. The summed E-state index contributed by atoms with van der Waals surface area (Å²) in [5.74, 6) is 1.96. The fourth-order valence-corrected chi connectivity index (χ4v) is 4.54. The molecule has 0 saturated carbocycles. The average molecular weight is 394 g/mol. The lowest BCUT2D eigenvalue weighted by Gasteiger charge is -2.36. The van der Waals surface area contributed by atoms with E-state index in [1.807, 2.05) is 11.9 Å². The average Bonchev–Trinajstić information content (AvgIpc) is 2.77. The van der Waals surface area contributed by atoms with Crippen LogP contribution >= 0.6 is 0 Å². The van der Waals surface area contributed by atoms with E-state index in [-0.39, 0.29) is 11.9 Å². The number of carbonyl (C=O) groups excluding carboxylic acids is 1. The zero-order valence-electron chi connectivity index (χ0n) is 17.5. The summed E-state index contributed by atoms with van der Waals surface area (Å²) in [5.41, 5.74) is 3.55. The molecule has 154 valence electrons. The Labute approximate surface area is 173 Å². The monoisotopic (exact) mass is 393 g/mol. The van der Waals surface area contributed by atoms with Crippen molar-refractivity contribution in [3.8, 4) is 0 Å². The predicted octanol–water partition coefficient (Wildman–Crippen LogP) is 3.19. The van der Waals surface area contributed by atoms with Crippen molar-refractivity contribution in [1.29, 1.82) is 0 Å². The van der Waals surface area contributed by atoms with Gasteiger partial charge in [0.25, 0.3) is 0 Å². The second kappa shape index (κ2) is 8.91. The lowest BCUT2D eigenvalue weighted by atomic mass is 9.99. The number of anilines is 1. The van der Waals surface area contributed by atoms with Gasteiger partial charge in [-0.1, -0.05) is 36.8 Å². The number of fused-ring (bicyclic) bond motifs is 1. The summed E-state index contributed by atoms with van der Waals surface area (Å²) < 4.78 is 0. The molecule has 29 heavy (non-hydrogen) atoms. The highest BCUT2D eigenvalue weighted by Crippen LogP contribution is 2.32. The first-order valence-corrected chi connectivity index (χ1v) is 10.8. The fraction of sp³-hybridized carbons (Fsp3) is 0.522. The van der Waals surface area contributed by atoms with E-state index >= 15 is 0 Å². The highest BCUT2D eigenvalue weighted by Gasteiger charge is 2.29. The number of rotatable bonds is 5. The Morgan fingerprint density at radius 3 is 2.76 bits per heavy atom. The normalized spacial score (nSPS) is 19.7. The Morgan fingerprint density at radius 1 is 1.17 bits per heavy atom. The van der Waals surface area contributed by atoms with Crippen molar-refractivity contribution in [2.75, 3.05) is 32.0 Å². The van der Waals surface area contributed by atoms with Crippen molar-refractivity contribution in [1.82, 2.24) is 19.8 Å². The largest absolute Gasteiger partial charge is 0.373 e. The van der Waals surface area contributed by atoms with Crippen LogP contribution in [0.2, 0.25) is 0 Å². The molecule has 1 fully saturated rings. The van der Waals surface area contributed by atoms with Gasteiger partial charge in [0.05, 0.1) is 18.3 Å². The van der Waals surface area contributed by atoms with Crippen molar-refractivity contribution in [3.05, 3.63) is 53.0 Å². The summed E-state index contributed by atoms with van der Waals surface area (Å²) in [5, 5.41) is 3.28. The molecule has 0 unspecified atom stereocenters. The number of benzene rings is 1. The lowest BCUT2D eigenvalue weighted by molar-refractivity contribution is -0.129. The van der Waals surface area contributed by atoms with Crippen LogP contribution in [-0.2, 0) is 24.2 Å². The molecule has 1 aromatic heterocycles. The highest BCUT2D eigenvalue weighted by atomic mass is 16.2. The topological polar surface area (TPSA) is 61.4 Å². The van der Waals surface area contributed by atoms with Crippen LogP contribution in [0.25, 0.3) is 0 Å². The predicted molar refractivity (Wildman–Crippen MR) is 115 cm³/mol. The Kier molecular flexibility index (Phi) is 6.09. The van der Waals surface area contributed by atoms with Gasteiger partial charge in [0, 0.05) is 32.6 Å². The van der Waals surface area contributed by atoms with E-state index < -0.39 is 0 Å². The number of carbonyl (C=O) groups is 1. The second-order valence-electron chi connectivity index (χ2n) is 8.08. The van der Waals surface area contributed by atoms with E-state index in [0.29, 0.717) is 6.54 Å². The molecular formula is C23H31N5O. The summed E-state index contributed by atoms with van der Waals surface area (Å²) in [6.07, 6.45) is 5.38. The molecule has 6 nitrogen and oxygen atoms in total. The molecule has 4 rings (SSSR count). The van der Waals surface area contributed by atoms with Crippen molar-refractivity contribution in [2.24, 2.45) is 0 Å². The Bertz CT molecular complexity index is 854. The van der Waals surface area contributed by atoms with Crippen LogP contribution in [0.4, 0.5) is 5.82 Å². The van der Waals surface area contributed by atoms with E-state index in [9.17, 15) is 4.79 Å². The van der Waals surface area contributed by atoms with E-state index in [2.05, 4.69) is 40.5 Å². The SMILES string of the molecule is CNc1nc([C@@H]2CCCCN2CCc2ccccc2)nc2c1CCN(C(C)=O)C2. The van der Waals surface area contributed by atoms with Crippen molar-refractivity contribution < 1.29 is 4.79 Å². The molecule has 1 N–H and O–H groups in total. The number of hydrogen-bond acceptors (Lipinski definition) is 5. The van der Waals surface area contributed by atoms with Crippen LogP contribution in [0, 0.1) is 0 Å². The Morgan fingerprint density at radius 2 is 2.00 bits per heavy atom. The van der Waals surface area contributed by atoms with Gasteiger partial charge in [0.1, 0.15) is 11.6 Å². The second-order valence-corrected chi connectivity index (χ2v) is 8.08. The number of piperidine rings is 1. The number of amides is 1. The third-order valence-corrected chi connectivity index (χ3v) is 6.21. The van der Waals surface area contributed by atoms with Gasteiger partial charge in [-0.05, 0) is 37.8 Å². The molecule has 1 saturated heterocycles. The molecule has 0 bridgehead atoms. The minimum absolute atomic E-state index is 0.115. The molecule has 1 atom stereocenters. The highest BCUT2D eigenvalue weighted by molar-refractivity contribution is 5.73. The van der Waals surface area contributed by atoms with Gasteiger partial charge in [-0.15, -0.1) is 0 Å². The number of nitrogens with zero attached hydrogens (tertiary/aromatic N) is 4. The van der Waals surface area contributed by atoms with Crippen molar-refractivity contribution in [3.63, 3.8) is 0 Å². The maximum absolute atomic E-state index is 11.9. The third-order valence-electron chi connectivity index (χ3n) is 6.21. The van der Waals surface area contributed by atoms with Gasteiger partial charge in [-0.3, -0.25) is 9.69 Å². The quantitative estimate of drug-likeness (QED) is 0.845. The lowest BCUT2D eigenvalue weighted by Crippen LogP contribution is -2.38. The standard InChI is InChI=1S/C23H31N5O/c1-17(29)28-15-12-19-20(16-28)25-23(26-22(19)24-2)21-10-6-7-13-27(21)14-11-18-8-4-3-5-9-18/h3-5,8-9,21H,6-7,10-16H2,1-2H3,(H,24,25,26)/t21-/m0/s1. The van der Waals surface area contributed by atoms with Crippen LogP contribution in [0.15, 0.2) is 30.3 Å². The van der Waals surface area contributed by atoms with Gasteiger partial charge in [0.2, 0.25) is 5.91 Å². The first kappa shape index (κ1) is 19.8. The molecule has 2 aliphatic rings. The molecule has 2 aromatic rings. The number of nitrogens with one attached hydrogen (secondary N) is 1. The molecule has 3 heterocycles. The summed E-state index contributed by atoms with van der Waals surface area (Å²) in [6.45, 7) is 5.08. The molecule has 6 heteroatoms. The Balaban J connectivity index is 1.58. The summed E-state index contributed by atoms with van der Waals surface area (Å²) in [6, 6.07) is 10.9. The number of likely N-dealkylation sites (tertiary alicyclic amines) is 1. The number of hydrogen-bond donors (Lipinski definition) is 1. The first-order valence-electron chi connectivity index (χ1n) is 10.8. The molecule has 0 aliphatic carbocycles. The van der Waals surface area contributed by atoms with Gasteiger partial charge in [-0.25, -0.2) is 9.97 Å².